The molecular formula is C60H78I3O4P. The van der Waals surface area contributed by atoms with Gasteiger partial charge in [-0.2, -0.15) is 0 Å². The van der Waals surface area contributed by atoms with Crippen LogP contribution in [0.2, 0.25) is 0 Å². The molecule has 0 amide bonds. The minimum absolute atomic E-state index is 0.0382. The summed E-state index contributed by atoms with van der Waals surface area (Å²) in [7, 11) is -4.44. The fourth-order valence-electron chi connectivity index (χ4n) is 7.29. The molecule has 6 rings (SSSR count). The van der Waals surface area contributed by atoms with Crippen molar-refractivity contribution >= 4 is 68.5 Å². The van der Waals surface area contributed by atoms with Gasteiger partial charge < -0.3 is 0 Å². The van der Waals surface area contributed by atoms with Gasteiger partial charge in [-0.25, -0.2) is 0 Å². The Balaban J connectivity index is 1.60. The third-order valence-electron chi connectivity index (χ3n) is 11.9. The maximum absolute atomic E-state index is 16.9. The fourth-order valence-corrected chi connectivity index (χ4v) is 29.2. The van der Waals surface area contributed by atoms with Crippen molar-refractivity contribution in [1.29, 1.82) is 0 Å². The average molecular weight is 1270 g/mol. The van der Waals surface area contributed by atoms with Crippen LogP contribution in [0.1, 0.15) is 158 Å². The van der Waals surface area contributed by atoms with Gasteiger partial charge in [0.25, 0.3) is 0 Å². The number of rotatable bonds is 12. The van der Waals surface area contributed by atoms with E-state index in [-0.39, 0.29) is 32.5 Å². The number of hydrogen-bond donors (Lipinski definition) is 0. The van der Waals surface area contributed by atoms with E-state index in [0.29, 0.717) is 0 Å². The van der Waals surface area contributed by atoms with E-state index in [4.69, 9.17) is 8.56 Å². The van der Waals surface area contributed by atoms with Gasteiger partial charge in [-0.15, -0.1) is 0 Å². The molecule has 68 heavy (non-hydrogen) atoms. The summed E-state index contributed by atoms with van der Waals surface area (Å²) in [4.78, 5) is 0. The molecule has 6 aromatic rings. The quantitative estimate of drug-likeness (QED) is 0.0905. The Kier molecular flexibility index (Phi) is 17.0. The number of phosphoric acid groups is 1. The molecule has 0 aliphatic carbocycles. The SMILES string of the molecule is CC(C)(C)c1ccc(I(OP(=O)(OI(c2ccc(C(C)(C)C)cc2)c2ccc(C(C)(C)C)cc2)OI(c2ccc(C(C)(C)C)cc2)c2ccc(C(C)(C)C)cc2)c2ccc(C(C)(C)C)cc2)cc1. The van der Waals surface area contributed by atoms with Crippen LogP contribution in [0, 0.1) is 21.4 Å². The maximum atomic E-state index is 16.9. The molecule has 0 bridgehead atoms. The van der Waals surface area contributed by atoms with Gasteiger partial charge >= 0.3 is 439 Å². The van der Waals surface area contributed by atoms with Crippen molar-refractivity contribution in [3.8, 4) is 0 Å². The summed E-state index contributed by atoms with van der Waals surface area (Å²) in [6.45, 7) is 40.2. The minimum atomic E-state index is -4.44. The zero-order chi connectivity index (χ0) is 50.3. The van der Waals surface area contributed by atoms with E-state index in [1.165, 1.54) is 33.4 Å². The topological polar surface area (TPSA) is 44.8 Å². The van der Waals surface area contributed by atoms with E-state index in [0.717, 1.165) is 21.4 Å². The van der Waals surface area contributed by atoms with E-state index in [9.17, 15) is 0 Å². The van der Waals surface area contributed by atoms with Gasteiger partial charge in [-0.3, -0.25) is 0 Å². The molecule has 0 atom stereocenters. The molecule has 0 unspecified atom stereocenters. The third kappa shape index (κ3) is 14.2. The van der Waals surface area contributed by atoms with Crippen molar-refractivity contribution in [2.24, 2.45) is 0 Å². The first-order valence-corrected chi connectivity index (χ1v) is 34.3. The molecule has 0 fully saturated rings. The van der Waals surface area contributed by atoms with Gasteiger partial charge in [0.15, 0.2) is 0 Å². The second kappa shape index (κ2) is 21.0. The Hall–Kier alpha value is -2.38. The van der Waals surface area contributed by atoms with Crippen molar-refractivity contribution in [2.45, 2.75) is 157 Å². The molecule has 0 N–H and O–H groups in total. The number of benzene rings is 6. The molecule has 4 nitrogen and oxygen atoms in total. The summed E-state index contributed by atoms with van der Waals surface area (Å²) in [5.41, 5.74) is 7.15. The summed E-state index contributed by atoms with van der Waals surface area (Å²) in [5.74, 6) is 0. The Morgan fingerprint density at radius 1 is 0.250 bits per heavy atom. The van der Waals surface area contributed by atoms with E-state index in [2.05, 4.69) is 270 Å². The average Bonchev–Trinajstić information content (AvgIpc) is 3.25. The zero-order valence-corrected chi connectivity index (χ0v) is 51.4. The van der Waals surface area contributed by atoms with Gasteiger partial charge in [0.2, 0.25) is 0 Å². The summed E-state index contributed by atoms with van der Waals surface area (Å²) < 4.78 is 45.5. The van der Waals surface area contributed by atoms with E-state index in [1.807, 2.05) is 0 Å². The van der Waals surface area contributed by atoms with Crippen LogP contribution in [0.3, 0.4) is 0 Å². The molecule has 0 heterocycles. The van der Waals surface area contributed by atoms with Crippen LogP contribution in [0.15, 0.2) is 146 Å². The molecule has 8 heteroatoms. The van der Waals surface area contributed by atoms with Crippen LogP contribution in [0.25, 0.3) is 0 Å². The standard InChI is InChI=1S/C60H78I3O4P/c1-55(2,3)43-19-31-49(32-20-43)61(50-33-21-44(22-34-50)56(4,5)6)65-68(64,66-62(51-35-23-45(24-36-51)57(7,8)9)52-37-25-46(26-38-52)58(10,11)12)67-63(53-39-27-47(28-40-53)59(13,14)15)54-41-29-48(30-42-54)60(16,17)18/h19-42H,1-18H3. The Morgan fingerprint density at radius 2 is 0.368 bits per heavy atom. The van der Waals surface area contributed by atoms with Crippen LogP contribution in [0.5, 0.6) is 0 Å². The third-order valence-corrected chi connectivity index (χ3v) is 31.8. The predicted octanol–water partition coefficient (Wildman–Crippen LogP) is 19.4. The molecule has 0 radical (unpaired) electrons. The summed E-state index contributed by atoms with van der Waals surface area (Å²) in [6, 6.07) is 52.7. The van der Waals surface area contributed by atoms with Crippen LogP contribution in [-0.4, -0.2) is 0 Å². The molecule has 368 valence electrons. The molecule has 0 spiro atoms. The van der Waals surface area contributed by atoms with Gasteiger partial charge in [0, 0.05) is 0 Å². The Bertz CT molecular complexity index is 2160. The van der Waals surface area contributed by atoms with Crippen LogP contribution in [-0.2, 0) is 45.6 Å². The van der Waals surface area contributed by atoms with Gasteiger partial charge in [-0.1, -0.05) is 0 Å². The first-order valence-electron chi connectivity index (χ1n) is 23.8. The molecule has 0 saturated heterocycles. The summed E-state index contributed by atoms with van der Waals surface area (Å²) >= 11 is -9.20. The fraction of sp³-hybridized carbons (Fsp3) is 0.400. The van der Waals surface area contributed by atoms with Gasteiger partial charge in [0.05, 0.1) is 0 Å². The second-order valence-corrected chi connectivity index (χ2v) is 40.5. The van der Waals surface area contributed by atoms with Crippen LogP contribution < -0.4 is 0 Å². The molecule has 0 aliphatic rings. The first-order chi connectivity index (χ1) is 31.3. The van der Waals surface area contributed by atoms with Crippen LogP contribution in [0.4, 0.5) is 0 Å². The molecule has 0 aliphatic heterocycles. The van der Waals surface area contributed by atoms with E-state index >= 15 is 4.57 Å². The normalized spacial score (nSPS) is 13.9. The molecular weight excluding hydrogens is 1200 g/mol. The molecule has 0 aromatic heterocycles. The van der Waals surface area contributed by atoms with Crippen molar-refractivity contribution in [3.05, 3.63) is 200 Å². The summed E-state index contributed by atoms with van der Waals surface area (Å²) in [6.07, 6.45) is 0. The molecule has 6 aromatic carbocycles. The van der Waals surface area contributed by atoms with Crippen molar-refractivity contribution < 1.29 is 13.1 Å². The van der Waals surface area contributed by atoms with Crippen molar-refractivity contribution in [3.63, 3.8) is 0 Å². The first kappa shape index (κ1) is 54.9. The van der Waals surface area contributed by atoms with Gasteiger partial charge in [-0.05, 0) is 0 Å². The number of halogens is 3. The zero-order valence-electron chi connectivity index (χ0n) is 44.1. The van der Waals surface area contributed by atoms with Crippen LogP contribution >= 0.6 is 68.5 Å². The van der Waals surface area contributed by atoms with Crippen molar-refractivity contribution in [2.75, 3.05) is 0 Å². The molecule has 0 saturated carbocycles. The van der Waals surface area contributed by atoms with E-state index in [1.54, 1.807) is 0 Å². The second-order valence-electron chi connectivity index (χ2n) is 23.9. The summed E-state index contributed by atoms with van der Waals surface area (Å²) in [5, 5.41) is 0. The van der Waals surface area contributed by atoms with E-state index < -0.39 is 68.5 Å². The number of hydrogen-bond acceptors (Lipinski definition) is 4. The van der Waals surface area contributed by atoms with Gasteiger partial charge in [0.1, 0.15) is 0 Å². The van der Waals surface area contributed by atoms with Crippen molar-refractivity contribution in [1.82, 2.24) is 0 Å². The Labute approximate surface area is 435 Å². The monoisotopic (exact) mass is 1270 g/mol. The Morgan fingerprint density at radius 3 is 0.471 bits per heavy atom. The predicted molar refractivity (Wildman–Crippen MR) is 316 cm³/mol.